The largest absolute Gasteiger partial charge is 0.494 e. The van der Waals surface area contributed by atoms with Crippen molar-refractivity contribution in [1.82, 2.24) is 0 Å². The van der Waals surface area contributed by atoms with Crippen LogP contribution in [0.1, 0.15) is 25.3 Å². The van der Waals surface area contributed by atoms with Crippen molar-refractivity contribution in [3.63, 3.8) is 0 Å². The summed E-state index contributed by atoms with van der Waals surface area (Å²) in [5.74, 6) is 0.982. The highest BCUT2D eigenvalue weighted by Crippen LogP contribution is 2.11. The summed E-state index contributed by atoms with van der Waals surface area (Å²) in [6, 6.07) is 9.51. The van der Waals surface area contributed by atoms with Crippen LogP contribution >= 0.6 is 0 Å². The molecule has 0 unspecified atom stereocenters. The Kier molecular flexibility index (Phi) is 5.70. The van der Waals surface area contributed by atoms with E-state index in [1.807, 2.05) is 6.92 Å². The number of piperidine rings is 1. The lowest BCUT2D eigenvalue weighted by atomic mass is 10.0. The lowest BCUT2D eigenvalue weighted by Crippen LogP contribution is -3.21. The first-order valence-corrected chi connectivity index (χ1v) is 8.83. The fraction of sp³-hybridized carbons (Fsp3) is 0.667. The van der Waals surface area contributed by atoms with Crippen LogP contribution in [0.3, 0.4) is 0 Å². The highest BCUT2D eigenvalue weighted by Gasteiger charge is 2.30. The van der Waals surface area contributed by atoms with E-state index in [1.54, 1.807) is 9.80 Å². The maximum atomic E-state index is 5.51. The summed E-state index contributed by atoms with van der Waals surface area (Å²) in [4.78, 5) is 3.51. The van der Waals surface area contributed by atoms with Crippen molar-refractivity contribution in [2.75, 3.05) is 46.0 Å². The van der Waals surface area contributed by atoms with Gasteiger partial charge in [0.2, 0.25) is 0 Å². The number of morpholine rings is 1. The van der Waals surface area contributed by atoms with Crippen molar-refractivity contribution in [2.24, 2.45) is 0 Å². The smallest absolute Gasteiger partial charge is 0.119 e. The van der Waals surface area contributed by atoms with Crippen molar-refractivity contribution in [2.45, 2.75) is 32.4 Å². The quantitative estimate of drug-likeness (QED) is 0.771. The molecule has 0 atom stereocenters. The van der Waals surface area contributed by atoms with Gasteiger partial charge in [0, 0.05) is 18.4 Å². The van der Waals surface area contributed by atoms with E-state index < -0.39 is 0 Å². The average molecular weight is 306 g/mol. The van der Waals surface area contributed by atoms with Gasteiger partial charge in [-0.05, 0) is 31.2 Å². The Labute approximate surface area is 134 Å². The first kappa shape index (κ1) is 15.8. The minimum Gasteiger partial charge on any atom is -0.494 e. The second-order valence-electron chi connectivity index (χ2n) is 6.55. The van der Waals surface area contributed by atoms with Crippen LogP contribution in [-0.4, -0.2) is 52.0 Å². The maximum absolute atomic E-state index is 5.51. The Hall–Kier alpha value is -1.10. The molecule has 2 N–H and O–H groups in total. The van der Waals surface area contributed by atoms with E-state index in [1.165, 1.54) is 44.6 Å². The number of quaternary nitrogens is 2. The molecule has 2 aliphatic rings. The van der Waals surface area contributed by atoms with Gasteiger partial charge >= 0.3 is 0 Å². The molecular formula is C18H30N2O2+2. The molecule has 3 rings (SSSR count). The summed E-state index contributed by atoms with van der Waals surface area (Å²) in [6.07, 6.45) is 2.73. The van der Waals surface area contributed by atoms with Crippen molar-refractivity contribution < 1.29 is 19.3 Å². The normalized spacial score (nSPS) is 26.8. The molecule has 2 heterocycles. The van der Waals surface area contributed by atoms with E-state index in [0.29, 0.717) is 0 Å². The summed E-state index contributed by atoms with van der Waals surface area (Å²) in [5.41, 5.74) is 1.43. The fourth-order valence-corrected chi connectivity index (χ4v) is 3.81. The summed E-state index contributed by atoms with van der Waals surface area (Å²) in [6.45, 7) is 10.9. The molecule has 0 spiro atoms. The predicted molar refractivity (Wildman–Crippen MR) is 86.5 cm³/mol. The lowest BCUT2D eigenvalue weighted by molar-refractivity contribution is -0.967. The molecule has 0 amide bonds. The standard InChI is InChI=1S/C18H28N2O2/c1-2-22-18-5-3-16(4-6-18)15-19-9-7-17(8-10-19)20-11-13-21-14-12-20/h3-6,17H,2,7-15H2,1H3/p+2. The Morgan fingerprint density at radius 2 is 1.73 bits per heavy atom. The van der Waals surface area contributed by atoms with E-state index in [2.05, 4.69) is 24.3 Å². The molecule has 0 saturated carbocycles. The Balaban J connectivity index is 1.45. The SMILES string of the molecule is CCOc1ccc(C[NH+]2CCC([NH+]3CCOCC3)CC2)cc1. The molecule has 0 bridgehead atoms. The van der Waals surface area contributed by atoms with Crippen molar-refractivity contribution in [1.29, 1.82) is 0 Å². The fourth-order valence-electron chi connectivity index (χ4n) is 3.81. The summed E-state index contributed by atoms with van der Waals surface area (Å²) in [7, 11) is 0. The molecule has 22 heavy (non-hydrogen) atoms. The van der Waals surface area contributed by atoms with E-state index in [9.17, 15) is 0 Å². The topological polar surface area (TPSA) is 27.3 Å². The molecule has 122 valence electrons. The molecule has 4 nitrogen and oxygen atoms in total. The number of benzene rings is 1. The molecule has 4 heteroatoms. The van der Waals surface area contributed by atoms with Crippen molar-refractivity contribution >= 4 is 0 Å². The molecule has 1 aromatic carbocycles. The van der Waals surface area contributed by atoms with Gasteiger partial charge in [-0.1, -0.05) is 0 Å². The van der Waals surface area contributed by atoms with Gasteiger partial charge in [-0.2, -0.15) is 0 Å². The van der Waals surface area contributed by atoms with Crippen molar-refractivity contribution in [3.05, 3.63) is 29.8 Å². The van der Waals surface area contributed by atoms with Crippen LogP contribution in [-0.2, 0) is 11.3 Å². The minimum absolute atomic E-state index is 0.738. The Morgan fingerprint density at radius 3 is 2.36 bits per heavy atom. The van der Waals surface area contributed by atoms with Crippen molar-refractivity contribution in [3.8, 4) is 5.75 Å². The number of hydrogen-bond acceptors (Lipinski definition) is 2. The Morgan fingerprint density at radius 1 is 1.05 bits per heavy atom. The molecule has 2 saturated heterocycles. The van der Waals surface area contributed by atoms with E-state index in [-0.39, 0.29) is 0 Å². The number of nitrogens with one attached hydrogen (secondary N) is 2. The molecule has 2 aliphatic heterocycles. The third kappa shape index (κ3) is 4.22. The number of likely N-dealkylation sites (tertiary alicyclic amines) is 1. The second-order valence-corrected chi connectivity index (χ2v) is 6.55. The monoisotopic (exact) mass is 306 g/mol. The Bertz CT molecular complexity index is 435. The zero-order valence-corrected chi connectivity index (χ0v) is 13.8. The van der Waals surface area contributed by atoms with Crippen LogP contribution in [0.15, 0.2) is 24.3 Å². The lowest BCUT2D eigenvalue weighted by Gasteiger charge is -2.36. The number of hydrogen-bond donors (Lipinski definition) is 2. The highest BCUT2D eigenvalue weighted by molar-refractivity contribution is 5.26. The number of ether oxygens (including phenoxy) is 2. The van der Waals surface area contributed by atoms with Crippen LogP contribution in [0.4, 0.5) is 0 Å². The third-order valence-corrected chi connectivity index (χ3v) is 5.09. The summed E-state index contributed by atoms with van der Waals surface area (Å²) in [5, 5.41) is 0. The summed E-state index contributed by atoms with van der Waals surface area (Å²) < 4.78 is 11.0. The zero-order valence-electron chi connectivity index (χ0n) is 13.8. The predicted octanol–water partition coefficient (Wildman–Crippen LogP) is -0.452. The van der Waals surface area contributed by atoms with Crippen LogP contribution in [0, 0.1) is 0 Å². The van der Waals surface area contributed by atoms with Gasteiger partial charge in [-0.15, -0.1) is 0 Å². The molecule has 2 fully saturated rings. The highest BCUT2D eigenvalue weighted by atomic mass is 16.5. The second kappa shape index (κ2) is 7.95. The van der Waals surface area contributed by atoms with Crippen LogP contribution in [0.25, 0.3) is 0 Å². The summed E-state index contributed by atoms with van der Waals surface area (Å²) >= 11 is 0. The first-order chi connectivity index (χ1) is 10.8. The van der Waals surface area contributed by atoms with E-state index >= 15 is 0 Å². The minimum atomic E-state index is 0.738. The molecule has 0 radical (unpaired) electrons. The zero-order chi connectivity index (χ0) is 15.2. The molecule has 0 aromatic heterocycles. The molecule has 1 aromatic rings. The first-order valence-electron chi connectivity index (χ1n) is 8.83. The van der Waals surface area contributed by atoms with Crippen LogP contribution in [0.2, 0.25) is 0 Å². The molecular weight excluding hydrogens is 276 g/mol. The van der Waals surface area contributed by atoms with Gasteiger partial charge in [0.05, 0.1) is 39.0 Å². The molecule has 0 aliphatic carbocycles. The van der Waals surface area contributed by atoms with Gasteiger partial charge in [0.15, 0.2) is 0 Å². The number of rotatable bonds is 5. The van der Waals surface area contributed by atoms with Gasteiger partial charge in [-0.25, -0.2) is 0 Å². The third-order valence-electron chi connectivity index (χ3n) is 5.09. The van der Waals surface area contributed by atoms with Gasteiger partial charge in [0.25, 0.3) is 0 Å². The van der Waals surface area contributed by atoms with E-state index in [4.69, 9.17) is 9.47 Å². The van der Waals surface area contributed by atoms with Gasteiger partial charge in [0.1, 0.15) is 25.4 Å². The maximum Gasteiger partial charge on any atom is 0.119 e. The van der Waals surface area contributed by atoms with E-state index in [0.717, 1.165) is 38.2 Å². The average Bonchev–Trinajstić information content (AvgIpc) is 2.58. The van der Waals surface area contributed by atoms with Gasteiger partial charge in [-0.3, -0.25) is 0 Å². The van der Waals surface area contributed by atoms with Crippen LogP contribution < -0.4 is 14.5 Å². The van der Waals surface area contributed by atoms with Gasteiger partial charge < -0.3 is 19.3 Å². The van der Waals surface area contributed by atoms with Crippen LogP contribution in [0.5, 0.6) is 5.75 Å².